The molecular formula is C16H21N3O4. The van der Waals surface area contributed by atoms with Gasteiger partial charge in [-0.25, -0.2) is 4.79 Å². The van der Waals surface area contributed by atoms with Crippen molar-refractivity contribution in [2.45, 2.75) is 45.2 Å². The summed E-state index contributed by atoms with van der Waals surface area (Å²) in [6, 6.07) is 2.78. The smallest absolute Gasteiger partial charge is 0.325 e. The van der Waals surface area contributed by atoms with E-state index in [0.29, 0.717) is 5.76 Å². The molecule has 124 valence electrons. The van der Waals surface area contributed by atoms with Gasteiger partial charge in [-0.2, -0.15) is 0 Å². The van der Waals surface area contributed by atoms with E-state index in [9.17, 15) is 14.4 Å². The van der Waals surface area contributed by atoms with Gasteiger partial charge in [0.2, 0.25) is 5.91 Å². The first kappa shape index (κ1) is 15.6. The van der Waals surface area contributed by atoms with Gasteiger partial charge in [-0.05, 0) is 51.7 Å². The monoisotopic (exact) mass is 319 g/mol. The number of nitrogens with one attached hydrogen (secondary N) is 2. The fourth-order valence-corrected chi connectivity index (χ4v) is 2.98. The number of hydrogen-bond acceptors (Lipinski definition) is 4. The van der Waals surface area contributed by atoms with Crippen LogP contribution in [0.5, 0.6) is 0 Å². The van der Waals surface area contributed by atoms with Gasteiger partial charge in [0.25, 0.3) is 5.91 Å². The fourth-order valence-electron chi connectivity index (χ4n) is 2.98. The summed E-state index contributed by atoms with van der Waals surface area (Å²) in [6.07, 6.45) is 1.86. The molecule has 7 nitrogen and oxygen atoms in total. The zero-order chi connectivity index (χ0) is 16.8. The molecule has 2 N–H and O–H groups in total. The normalized spacial score (nSPS) is 25.4. The Morgan fingerprint density at radius 1 is 1.48 bits per heavy atom. The van der Waals surface area contributed by atoms with Crippen molar-refractivity contribution in [2.24, 2.45) is 5.92 Å². The maximum atomic E-state index is 12.5. The second-order valence-electron chi connectivity index (χ2n) is 6.54. The van der Waals surface area contributed by atoms with E-state index in [0.717, 1.165) is 23.5 Å². The van der Waals surface area contributed by atoms with Crippen molar-refractivity contribution in [1.82, 2.24) is 15.5 Å². The van der Waals surface area contributed by atoms with Gasteiger partial charge < -0.3 is 15.1 Å². The highest BCUT2D eigenvalue weighted by Crippen LogP contribution is 2.42. The number of carbonyl (C=O) groups excluding carboxylic acids is 3. The lowest BCUT2D eigenvalue weighted by atomic mass is 9.96. The quantitative estimate of drug-likeness (QED) is 0.804. The minimum atomic E-state index is -0.860. The molecule has 2 aliphatic rings. The molecule has 1 saturated heterocycles. The third kappa shape index (κ3) is 2.83. The first-order chi connectivity index (χ1) is 10.8. The SMILES string of the molecule is Cc1ccc([C@H](C)NC(=O)CN2C(=O)N[C@](C)(C3CC3)C2=O)o1. The molecule has 3 rings (SSSR count). The number of nitrogens with zero attached hydrogens (tertiary/aromatic N) is 1. The van der Waals surface area contributed by atoms with E-state index in [-0.39, 0.29) is 24.4 Å². The fraction of sp³-hybridized carbons (Fsp3) is 0.562. The molecule has 1 saturated carbocycles. The van der Waals surface area contributed by atoms with Crippen LogP contribution in [0.3, 0.4) is 0 Å². The number of urea groups is 1. The van der Waals surface area contributed by atoms with Crippen LogP contribution >= 0.6 is 0 Å². The summed E-state index contributed by atoms with van der Waals surface area (Å²) in [5.74, 6) is 0.861. The van der Waals surface area contributed by atoms with E-state index in [2.05, 4.69) is 10.6 Å². The summed E-state index contributed by atoms with van der Waals surface area (Å²) in [7, 11) is 0. The van der Waals surface area contributed by atoms with Crippen LogP contribution in [0.1, 0.15) is 44.3 Å². The Morgan fingerprint density at radius 2 is 2.17 bits per heavy atom. The summed E-state index contributed by atoms with van der Waals surface area (Å²) in [6.45, 7) is 5.06. The average Bonchev–Trinajstić information content (AvgIpc) is 3.21. The van der Waals surface area contributed by atoms with Gasteiger partial charge in [-0.1, -0.05) is 0 Å². The van der Waals surface area contributed by atoms with Gasteiger partial charge in [0.15, 0.2) is 0 Å². The Morgan fingerprint density at radius 3 is 2.74 bits per heavy atom. The lowest BCUT2D eigenvalue weighted by molar-refractivity contribution is -0.135. The molecule has 2 fully saturated rings. The molecule has 1 aromatic heterocycles. The molecule has 7 heteroatoms. The Balaban J connectivity index is 1.61. The Labute approximate surface area is 134 Å². The molecule has 0 aromatic carbocycles. The molecule has 2 atom stereocenters. The maximum Gasteiger partial charge on any atom is 0.325 e. The first-order valence-electron chi connectivity index (χ1n) is 7.81. The zero-order valence-electron chi connectivity index (χ0n) is 13.5. The molecule has 0 bridgehead atoms. The topological polar surface area (TPSA) is 91.7 Å². The highest BCUT2D eigenvalue weighted by atomic mass is 16.3. The highest BCUT2D eigenvalue weighted by Gasteiger charge is 2.56. The van der Waals surface area contributed by atoms with Crippen LogP contribution in [0.25, 0.3) is 0 Å². The molecule has 1 aliphatic heterocycles. The lowest BCUT2D eigenvalue weighted by Gasteiger charge is -2.21. The van der Waals surface area contributed by atoms with Crippen molar-refractivity contribution >= 4 is 17.8 Å². The van der Waals surface area contributed by atoms with Crippen LogP contribution in [0.15, 0.2) is 16.5 Å². The van der Waals surface area contributed by atoms with E-state index in [1.54, 1.807) is 19.9 Å². The molecule has 1 aliphatic carbocycles. The number of aryl methyl sites for hydroxylation is 1. The van der Waals surface area contributed by atoms with Crippen molar-refractivity contribution in [1.29, 1.82) is 0 Å². The van der Waals surface area contributed by atoms with Crippen molar-refractivity contribution < 1.29 is 18.8 Å². The molecule has 0 unspecified atom stereocenters. The van der Waals surface area contributed by atoms with Gasteiger partial charge >= 0.3 is 6.03 Å². The standard InChI is InChI=1S/C16H21N3O4/c1-9-4-7-12(23-9)10(2)17-13(20)8-19-14(21)16(3,11-5-6-11)18-15(19)22/h4,7,10-11H,5-6,8H2,1-3H3,(H,17,20)(H,18,22)/t10-,16+/m0/s1. The first-order valence-corrected chi connectivity index (χ1v) is 7.81. The maximum absolute atomic E-state index is 12.5. The third-order valence-electron chi connectivity index (χ3n) is 4.56. The van der Waals surface area contributed by atoms with E-state index in [1.165, 1.54) is 0 Å². The second-order valence-corrected chi connectivity index (χ2v) is 6.54. The third-order valence-corrected chi connectivity index (χ3v) is 4.56. The molecule has 2 heterocycles. The van der Waals surface area contributed by atoms with Gasteiger partial charge in [-0.15, -0.1) is 0 Å². The lowest BCUT2D eigenvalue weighted by Crippen LogP contribution is -2.47. The predicted molar refractivity (Wildman–Crippen MR) is 81.4 cm³/mol. The molecule has 23 heavy (non-hydrogen) atoms. The van der Waals surface area contributed by atoms with Gasteiger partial charge in [0.05, 0.1) is 6.04 Å². The van der Waals surface area contributed by atoms with Crippen molar-refractivity contribution in [3.05, 3.63) is 23.7 Å². The summed E-state index contributed by atoms with van der Waals surface area (Å²) in [5.41, 5.74) is -0.860. The Bertz CT molecular complexity index is 664. The predicted octanol–water partition coefficient (Wildman–Crippen LogP) is 1.49. The number of amides is 4. The molecule has 0 spiro atoms. The van der Waals surface area contributed by atoms with E-state index < -0.39 is 17.5 Å². The minimum Gasteiger partial charge on any atom is -0.464 e. The van der Waals surface area contributed by atoms with Crippen molar-refractivity contribution in [3.8, 4) is 0 Å². The highest BCUT2D eigenvalue weighted by molar-refractivity contribution is 6.09. The van der Waals surface area contributed by atoms with E-state index >= 15 is 0 Å². The van der Waals surface area contributed by atoms with Crippen LogP contribution in [-0.2, 0) is 9.59 Å². The van der Waals surface area contributed by atoms with Gasteiger partial charge in [0.1, 0.15) is 23.6 Å². The van der Waals surface area contributed by atoms with E-state index in [4.69, 9.17) is 4.42 Å². The summed E-state index contributed by atoms with van der Waals surface area (Å²) < 4.78 is 5.46. The molecule has 0 radical (unpaired) electrons. The van der Waals surface area contributed by atoms with Crippen LogP contribution < -0.4 is 10.6 Å². The minimum absolute atomic E-state index is 0.178. The largest absolute Gasteiger partial charge is 0.464 e. The number of rotatable bonds is 5. The van der Waals surface area contributed by atoms with Crippen molar-refractivity contribution in [2.75, 3.05) is 6.54 Å². The molecule has 4 amide bonds. The van der Waals surface area contributed by atoms with Crippen LogP contribution in [0.2, 0.25) is 0 Å². The van der Waals surface area contributed by atoms with Gasteiger partial charge in [-0.3, -0.25) is 14.5 Å². The van der Waals surface area contributed by atoms with Crippen LogP contribution in [0.4, 0.5) is 4.79 Å². The number of hydrogen-bond donors (Lipinski definition) is 2. The van der Waals surface area contributed by atoms with Crippen LogP contribution in [0, 0.1) is 12.8 Å². The summed E-state index contributed by atoms with van der Waals surface area (Å²) in [4.78, 5) is 37.6. The second kappa shape index (κ2) is 5.40. The number of imide groups is 1. The zero-order valence-corrected chi connectivity index (χ0v) is 13.5. The Hall–Kier alpha value is -2.31. The van der Waals surface area contributed by atoms with Crippen molar-refractivity contribution in [3.63, 3.8) is 0 Å². The Kier molecular flexibility index (Phi) is 3.66. The number of carbonyl (C=O) groups is 3. The van der Waals surface area contributed by atoms with Crippen LogP contribution in [-0.4, -0.2) is 34.8 Å². The summed E-state index contributed by atoms with van der Waals surface area (Å²) >= 11 is 0. The molecule has 1 aromatic rings. The number of furan rings is 1. The van der Waals surface area contributed by atoms with E-state index in [1.807, 2.05) is 13.0 Å². The van der Waals surface area contributed by atoms with Gasteiger partial charge in [0, 0.05) is 0 Å². The molecular weight excluding hydrogens is 298 g/mol. The summed E-state index contributed by atoms with van der Waals surface area (Å²) in [5, 5.41) is 5.47. The average molecular weight is 319 g/mol.